The van der Waals surface area contributed by atoms with Crippen LogP contribution in [0.3, 0.4) is 0 Å². The van der Waals surface area contributed by atoms with E-state index in [4.69, 9.17) is 0 Å². The summed E-state index contributed by atoms with van der Waals surface area (Å²) in [5.74, 6) is -1.31. The van der Waals surface area contributed by atoms with Crippen LogP contribution in [0.5, 0.6) is 0 Å². The molecule has 1 fully saturated rings. The highest BCUT2D eigenvalue weighted by Crippen LogP contribution is 2.37. The molecule has 1 heterocycles. The minimum atomic E-state index is -4.74. The number of benzene rings is 2. The number of nitrogens with zero attached hydrogens (tertiary/aromatic N) is 1. The Morgan fingerprint density at radius 2 is 1.83 bits per heavy atom. The van der Waals surface area contributed by atoms with Crippen molar-refractivity contribution in [3.8, 4) is 0 Å². The second-order valence-corrected chi connectivity index (χ2v) is 6.59. The predicted octanol–water partition coefficient (Wildman–Crippen LogP) is 4.04. The molecule has 6 nitrogen and oxygen atoms in total. The lowest BCUT2D eigenvalue weighted by atomic mass is 10.1. The summed E-state index contributed by atoms with van der Waals surface area (Å²) in [5.41, 5.74) is -0.891. The highest BCUT2D eigenvalue weighted by molar-refractivity contribution is 6.06. The Hall–Kier alpha value is -3.36. The van der Waals surface area contributed by atoms with Gasteiger partial charge in [0, 0.05) is 36.8 Å². The van der Waals surface area contributed by atoms with Gasteiger partial charge in [0.1, 0.15) is 0 Å². The third-order valence-corrected chi connectivity index (χ3v) is 4.39. The monoisotopic (exact) mass is 405 g/mol. The molecule has 1 aliphatic rings. The van der Waals surface area contributed by atoms with E-state index in [0.717, 1.165) is 12.1 Å². The summed E-state index contributed by atoms with van der Waals surface area (Å²) < 4.78 is 40.3. The topological polar surface area (TPSA) is 78.5 Å². The summed E-state index contributed by atoms with van der Waals surface area (Å²) in [4.78, 5) is 37.1. The first kappa shape index (κ1) is 20.4. The number of halogens is 3. The Bertz CT molecular complexity index is 973. The number of hydrogen-bond acceptors (Lipinski definition) is 3. The number of amides is 3. The maximum Gasteiger partial charge on any atom is 0.418 e. The SMILES string of the molecule is CC(=O)Nc1ccc(NC(=O)c2cccc(N3CCCC3=O)c2)c(C(F)(F)F)c1. The van der Waals surface area contributed by atoms with Crippen molar-refractivity contribution in [1.29, 1.82) is 0 Å². The van der Waals surface area contributed by atoms with Crippen LogP contribution < -0.4 is 15.5 Å². The largest absolute Gasteiger partial charge is 0.418 e. The first-order valence-corrected chi connectivity index (χ1v) is 8.86. The first-order valence-electron chi connectivity index (χ1n) is 8.86. The zero-order valence-corrected chi connectivity index (χ0v) is 15.5. The molecule has 2 aromatic rings. The molecule has 2 aromatic carbocycles. The van der Waals surface area contributed by atoms with E-state index in [1.807, 2.05) is 0 Å². The molecule has 9 heteroatoms. The van der Waals surface area contributed by atoms with Crippen LogP contribution in [-0.4, -0.2) is 24.3 Å². The van der Waals surface area contributed by atoms with Gasteiger partial charge in [-0.05, 0) is 42.8 Å². The molecule has 0 radical (unpaired) electrons. The number of anilines is 3. The lowest BCUT2D eigenvalue weighted by Gasteiger charge is -2.18. The van der Waals surface area contributed by atoms with Gasteiger partial charge in [0.25, 0.3) is 5.91 Å². The number of carbonyl (C=O) groups excluding carboxylic acids is 3. The summed E-state index contributed by atoms with van der Waals surface area (Å²) in [6.07, 6.45) is -3.60. The Labute approximate surface area is 164 Å². The van der Waals surface area contributed by atoms with Gasteiger partial charge in [-0.15, -0.1) is 0 Å². The first-order chi connectivity index (χ1) is 13.6. The number of hydrogen-bond donors (Lipinski definition) is 2. The van der Waals surface area contributed by atoms with Crippen LogP contribution in [0.15, 0.2) is 42.5 Å². The highest BCUT2D eigenvalue weighted by Gasteiger charge is 2.34. The van der Waals surface area contributed by atoms with Gasteiger partial charge < -0.3 is 15.5 Å². The summed E-state index contributed by atoms with van der Waals surface area (Å²) in [7, 11) is 0. The zero-order chi connectivity index (χ0) is 21.2. The molecule has 29 heavy (non-hydrogen) atoms. The van der Waals surface area contributed by atoms with Crippen LogP contribution >= 0.6 is 0 Å². The fraction of sp³-hybridized carbons (Fsp3) is 0.250. The van der Waals surface area contributed by atoms with E-state index in [1.165, 1.54) is 25.1 Å². The molecule has 0 bridgehead atoms. The van der Waals surface area contributed by atoms with Gasteiger partial charge in [0.05, 0.1) is 11.3 Å². The molecule has 0 unspecified atom stereocenters. The lowest BCUT2D eigenvalue weighted by Crippen LogP contribution is -2.24. The van der Waals surface area contributed by atoms with E-state index >= 15 is 0 Å². The second kappa shape index (κ2) is 7.94. The summed E-state index contributed by atoms with van der Waals surface area (Å²) in [6.45, 7) is 1.72. The van der Waals surface area contributed by atoms with Crippen LogP contribution in [0.25, 0.3) is 0 Å². The predicted molar refractivity (Wildman–Crippen MR) is 102 cm³/mol. The van der Waals surface area contributed by atoms with Crippen molar-refractivity contribution in [2.75, 3.05) is 22.1 Å². The fourth-order valence-corrected chi connectivity index (χ4v) is 3.10. The smallest absolute Gasteiger partial charge is 0.326 e. The Morgan fingerprint density at radius 3 is 2.45 bits per heavy atom. The fourth-order valence-electron chi connectivity index (χ4n) is 3.10. The molecule has 1 aliphatic heterocycles. The van der Waals surface area contributed by atoms with Crippen LogP contribution in [0, 0.1) is 0 Å². The van der Waals surface area contributed by atoms with E-state index in [-0.39, 0.29) is 17.2 Å². The summed E-state index contributed by atoms with van der Waals surface area (Å²) >= 11 is 0. The molecule has 3 rings (SSSR count). The highest BCUT2D eigenvalue weighted by atomic mass is 19.4. The summed E-state index contributed by atoms with van der Waals surface area (Å²) in [5, 5.41) is 4.55. The molecule has 152 valence electrons. The van der Waals surface area contributed by atoms with Crippen LogP contribution in [0.1, 0.15) is 35.7 Å². The molecule has 2 N–H and O–H groups in total. The van der Waals surface area contributed by atoms with E-state index in [1.54, 1.807) is 17.0 Å². The number of alkyl halides is 3. The maximum atomic E-state index is 13.4. The van der Waals surface area contributed by atoms with E-state index in [2.05, 4.69) is 10.6 Å². The maximum absolute atomic E-state index is 13.4. The van der Waals surface area contributed by atoms with Gasteiger partial charge in [-0.25, -0.2) is 0 Å². The van der Waals surface area contributed by atoms with Crippen molar-refractivity contribution in [2.24, 2.45) is 0 Å². The van der Waals surface area contributed by atoms with Crippen molar-refractivity contribution < 1.29 is 27.6 Å². The lowest BCUT2D eigenvalue weighted by molar-refractivity contribution is -0.137. The second-order valence-electron chi connectivity index (χ2n) is 6.59. The molecule has 0 aliphatic carbocycles. The molecule has 0 atom stereocenters. The quantitative estimate of drug-likeness (QED) is 0.806. The van der Waals surface area contributed by atoms with Crippen molar-refractivity contribution in [3.05, 3.63) is 53.6 Å². The van der Waals surface area contributed by atoms with Crippen LogP contribution in [-0.2, 0) is 15.8 Å². The normalized spacial score (nSPS) is 14.1. The van der Waals surface area contributed by atoms with Gasteiger partial charge in [-0.3, -0.25) is 14.4 Å². The molecule has 3 amide bonds. The van der Waals surface area contributed by atoms with Crippen LogP contribution in [0.2, 0.25) is 0 Å². The summed E-state index contributed by atoms with van der Waals surface area (Å²) in [6, 6.07) is 9.28. The van der Waals surface area contributed by atoms with E-state index in [9.17, 15) is 27.6 Å². The Kier molecular flexibility index (Phi) is 5.58. The number of carbonyl (C=O) groups is 3. The number of nitrogens with one attached hydrogen (secondary N) is 2. The van der Waals surface area contributed by atoms with Crippen molar-refractivity contribution >= 4 is 34.8 Å². The van der Waals surface area contributed by atoms with Crippen molar-refractivity contribution in [2.45, 2.75) is 25.9 Å². The van der Waals surface area contributed by atoms with Gasteiger partial charge in [0.2, 0.25) is 11.8 Å². The van der Waals surface area contributed by atoms with Gasteiger partial charge in [-0.1, -0.05) is 6.07 Å². The zero-order valence-electron chi connectivity index (χ0n) is 15.5. The molecule has 1 saturated heterocycles. The van der Waals surface area contributed by atoms with E-state index < -0.39 is 29.2 Å². The number of rotatable bonds is 4. The van der Waals surface area contributed by atoms with Crippen molar-refractivity contribution in [1.82, 2.24) is 0 Å². The molecule has 0 saturated carbocycles. The average molecular weight is 405 g/mol. The standard InChI is InChI=1S/C20H18F3N3O3/c1-12(27)24-14-7-8-17(16(11-14)20(21,22)23)25-19(29)13-4-2-5-15(10-13)26-9-3-6-18(26)28/h2,4-5,7-8,10-11H,3,6,9H2,1H3,(H,24,27)(H,25,29). The van der Waals surface area contributed by atoms with Crippen LogP contribution in [0.4, 0.5) is 30.2 Å². The minimum Gasteiger partial charge on any atom is -0.326 e. The third-order valence-electron chi connectivity index (χ3n) is 4.39. The molecule has 0 spiro atoms. The molecular weight excluding hydrogens is 387 g/mol. The molecule has 0 aromatic heterocycles. The Balaban J connectivity index is 1.87. The van der Waals surface area contributed by atoms with Gasteiger partial charge in [0.15, 0.2) is 0 Å². The average Bonchev–Trinajstić information content (AvgIpc) is 3.07. The third kappa shape index (κ3) is 4.74. The molecular formula is C20H18F3N3O3. The Morgan fingerprint density at radius 1 is 1.07 bits per heavy atom. The van der Waals surface area contributed by atoms with Crippen molar-refractivity contribution in [3.63, 3.8) is 0 Å². The minimum absolute atomic E-state index is 0.0302. The van der Waals surface area contributed by atoms with E-state index in [0.29, 0.717) is 25.1 Å². The van der Waals surface area contributed by atoms with Gasteiger partial charge >= 0.3 is 6.18 Å². The van der Waals surface area contributed by atoms with Gasteiger partial charge in [-0.2, -0.15) is 13.2 Å².